The fourth-order valence-corrected chi connectivity index (χ4v) is 2.87. The number of amides is 1. The molecule has 0 radical (unpaired) electrons. The lowest BCUT2D eigenvalue weighted by Gasteiger charge is -2.24. The van der Waals surface area contributed by atoms with Crippen molar-refractivity contribution in [2.24, 2.45) is 5.41 Å². The lowest BCUT2D eigenvalue weighted by molar-refractivity contribution is -0.148. The molecule has 1 saturated heterocycles. The summed E-state index contributed by atoms with van der Waals surface area (Å²) in [5, 5.41) is 12.3. The highest BCUT2D eigenvalue weighted by molar-refractivity contribution is 5.79. The first-order valence-corrected chi connectivity index (χ1v) is 7.17. The van der Waals surface area contributed by atoms with E-state index in [4.69, 9.17) is 4.74 Å². The third-order valence-electron chi connectivity index (χ3n) is 3.81. The predicted molar refractivity (Wildman–Crippen MR) is 75.5 cm³/mol. The topological polar surface area (TPSA) is 78.9 Å². The molecule has 1 fully saturated rings. The number of carboxylic acid groups (broad SMARTS) is 1. The van der Waals surface area contributed by atoms with Crippen molar-refractivity contribution in [1.29, 1.82) is 0 Å². The fraction of sp³-hybridized carbons (Fsp3) is 0.857. The van der Waals surface area contributed by atoms with Crippen LogP contribution in [0.3, 0.4) is 0 Å². The minimum atomic E-state index is -0.741. The van der Waals surface area contributed by atoms with E-state index in [2.05, 4.69) is 5.32 Å². The van der Waals surface area contributed by atoms with Crippen molar-refractivity contribution >= 4 is 11.9 Å². The highest BCUT2D eigenvalue weighted by Gasteiger charge is 2.44. The van der Waals surface area contributed by atoms with Gasteiger partial charge < -0.3 is 15.2 Å². The molecule has 0 spiro atoms. The van der Waals surface area contributed by atoms with E-state index in [1.165, 1.54) is 0 Å². The highest BCUT2D eigenvalue weighted by atomic mass is 16.5. The van der Waals surface area contributed by atoms with E-state index >= 15 is 0 Å². The number of aliphatic carboxylic acids is 1. The van der Waals surface area contributed by atoms with Gasteiger partial charge in [-0.05, 0) is 26.3 Å². The molecule has 0 aromatic heterocycles. The number of hydrogen-bond donors (Lipinski definition) is 2. The SMILES string of the molecule is CCCC1(C(=O)O)CCN(CC(=O)NC(C)COC)C1. The van der Waals surface area contributed by atoms with Gasteiger partial charge in [-0.1, -0.05) is 13.3 Å². The molecule has 0 aromatic rings. The predicted octanol–water partition coefficient (Wildman–Crippen LogP) is 0.714. The normalized spacial score (nSPS) is 24.6. The number of carbonyl (C=O) groups is 2. The first-order chi connectivity index (χ1) is 9.43. The van der Waals surface area contributed by atoms with E-state index < -0.39 is 11.4 Å². The molecule has 1 aliphatic rings. The van der Waals surface area contributed by atoms with Crippen molar-refractivity contribution in [3.05, 3.63) is 0 Å². The van der Waals surface area contributed by atoms with Crippen molar-refractivity contribution in [2.45, 2.75) is 39.2 Å². The summed E-state index contributed by atoms with van der Waals surface area (Å²) >= 11 is 0. The van der Waals surface area contributed by atoms with Crippen molar-refractivity contribution in [1.82, 2.24) is 10.2 Å². The number of ether oxygens (including phenoxy) is 1. The van der Waals surface area contributed by atoms with Gasteiger partial charge in [-0.2, -0.15) is 0 Å². The van der Waals surface area contributed by atoms with Gasteiger partial charge in [0.2, 0.25) is 5.91 Å². The molecule has 1 heterocycles. The number of nitrogens with one attached hydrogen (secondary N) is 1. The molecular weight excluding hydrogens is 260 g/mol. The number of likely N-dealkylation sites (tertiary alicyclic amines) is 1. The number of carboxylic acids is 1. The number of methoxy groups -OCH3 is 1. The summed E-state index contributed by atoms with van der Waals surface area (Å²) in [6.07, 6.45) is 2.13. The standard InChI is InChI=1S/C14H26N2O4/c1-4-5-14(13(18)19)6-7-16(10-14)8-12(17)15-11(2)9-20-3/h11H,4-10H2,1-3H3,(H,15,17)(H,18,19). The van der Waals surface area contributed by atoms with Crippen molar-refractivity contribution in [2.75, 3.05) is 33.4 Å². The maximum atomic E-state index is 11.9. The lowest BCUT2D eigenvalue weighted by atomic mass is 9.83. The lowest BCUT2D eigenvalue weighted by Crippen LogP contribution is -2.43. The van der Waals surface area contributed by atoms with Crippen LogP contribution in [0.4, 0.5) is 0 Å². The summed E-state index contributed by atoms with van der Waals surface area (Å²) in [6.45, 7) is 5.73. The Labute approximate surface area is 120 Å². The fourth-order valence-electron chi connectivity index (χ4n) is 2.87. The van der Waals surface area contributed by atoms with Gasteiger partial charge in [-0.15, -0.1) is 0 Å². The van der Waals surface area contributed by atoms with Gasteiger partial charge in [0, 0.05) is 19.7 Å². The summed E-state index contributed by atoms with van der Waals surface area (Å²) in [5.74, 6) is -0.817. The Morgan fingerprint density at radius 3 is 2.75 bits per heavy atom. The third kappa shape index (κ3) is 4.45. The molecule has 6 nitrogen and oxygen atoms in total. The Morgan fingerprint density at radius 2 is 2.20 bits per heavy atom. The second-order valence-corrected chi connectivity index (χ2v) is 5.72. The summed E-state index contributed by atoms with van der Waals surface area (Å²) in [6, 6.07) is -0.0324. The van der Waals surface area contributed by atoms with E-state index in [-0.39, 0.29) is 18.5 Å². The molecule has 1 rings (SSSR count). The Balaban J connectivity index is 2.47. The van der Waals surface area contributed by atoms with Crippen LogP contribution in [0.5, 0.6) is 0 Å². The smallest absolute Gasteiger partial charge is 0.310 e. The van der Waals surface area contributed by atoms with Crippen LogP contribution < -0.4 is 5.32 Å². The molecule has 20 heavy (non-hydrogen) atoms. The van der Waals surface area contributed by atoms with E-state index in [0.29, 0.717) is 32.5 Å². The van der Waals surface area contributed by atoms with Gasteiger partial charge in [0.1, 0.15) is 0 Å². The average molecular weight is 286 g/mol. The van der Waals surface area contributed by atoms with Crippen LogP contribution in [0.15, 0.2) is 0 Å². The zero-order valence-corrected chi connectivity index (χ0v) is 12.6. The highest BCUT2D eigenvalue weighted by Crippen LogP contribution is 2.35. The van der Waals surface area contributed by atoms with Gasteiger partial charge in [0.05, 0.1) is 18.6 Å². The number of hydrogen-bond acceptors (Lipinski definition) is 4. The first kappa shape index (κ1) is 16.9. The monoisotopic (exact) mass is 286 g/mol. The van der Waals surface area contributed by atoms with Gasteiger partial charge in [0.15, 0.2) is 0 Å². The molecule has 0 aromatic carbocycles. The van der Waals surface area contributed by atoms with Crippen LogP contribution in [0.2, 0.25) is 0 Å². The number of nitrogens with zero attached hydrogens (tertiary/aromatic N) is 1. The molecule has 2 N–H and O–H groups in total. The Kier molecular flexibility index (Phi) is 6.42. The number of rotatable bonds is 8. The summed E-state index contributed by atoms with van der Waals surface area (Å²) < 4.78 is 4.96. The molecule has 6 heteroatoms. The largest absolute Gasteiger partial charge is 0.481 e. The quantitative estimate of drug-likeness (QED) is 0.687. The van der Waals surface area contributed by atoms with Crippen LogP contribution >= 0.6 is 0 Å². The minimum Gasteiger partial charge on any atom is -0.481 e. The van der Waals surface area contributed by atoms with Crippen LogP contribution in [0.25, 0.3) is 0 Å². The minimum absolute atomic E-state index is 0.0324. The van der Waals surface area contributed by atoms with Crippen molar-refractivity contribution in [3.8, 4) is 0 Å². The van der Waals surface area contributed by atoms with Gasteiger partial charge in [-0.3, -0.25) is 14.5 Å². The Morgan fingerprint density at radius 1 is 1.50 bits per heavy atom. The van der Waals surface area contributed by atoms with Gasteiger partial charge in [0.25, 0.3) is 0 Å². The number of carbonyl (C=O) groups excluding carboxylic acids is 1. The molecule has 0 bridgehead atoms. The van der Waals surface area contributed by atoms with Crippen LogP contribution in [-0.2, 0) is 14.3 Å². The first-order valence-electron chi connectivity index (χ1n) is 7.17. The van der Waals surface area contributed by atoms with Crippen LogP contribution in [0, 0.1) is 5.41 Å². The van der Waals surface area contributed by atoms with E-state index in [9.17, 15) is 14.7 Å². The summed E-state index contributed by atoms with van der Waals surface area (Å²) in [4.78, 5) is 25.3. The molecular formula is C14H26N2O4. The molecule has 0 aliphatic carbocycles. The van der Waals surface area contributed by atoms with E-state index in [1.807, 2.05) is 18.7 Å². The molecule has 116 valence electrons. The Bertz CT molecular complexity index is 348. The average Bonchev–Trinajstić information content (AvgIpc) is 2.74. The van der Waals surface area contributed by atoms with Crippen molar-refractivity contribution < 1.29 is 19.4 Å². The molecule has 2 atom stereocenters. The second-order valence-electron chi connectivity index (χ2n) is 5.72. The molecule has 1 amide bonds. The summed E-state index contributed by atoms with van der Waals surface area (Å²) in [5.41, 5.74) is -0.673. The maximum Gasteiger partial charge on any atom is 0.310 e. The second kappa shape index (κ2) is 7.59. The van der Waals surface area contributed by atoms with E-state index in [1.54, 1.807) is 7.11 Å². The van der Waals surface area contributed by atoms with Gasteiger partial charge in [-0.25, -0.2) is 0 Å². The van der Waals surface area contributed by atoms with Crippen LogP contribution in [-0.4, -0.2) is 61.3 Å². The molecule has 2 unspecified atom stereocenters. The zero-order valence-electron chi connectivity index (χ0n) is 12.6. The van der Waals surface area contributed by atoms with Crippen molar-refractivity contribution in [3.63, 3.8) is 0 Å². The van der Waals surface area contributed by atoms with Gasteiger partial charge >= 0.3 is 5.97 Å². The van der Waals surface area contributed by atoms with E-state index in [0.717, 1.165) is 6.42 Å². The maximum absolute atomic E-state index is 11.9. The molecule has 0 saturated carbocycles. The van der Waals surface area contributed by atoms with Crippen LogP contribution in [0.1, 0.15) is 33.1 Å². The third-order valence-corrected chi connectivity index (χ3v) is 3.81. The zero-order chi connectivity index (χ0) is 15.2. The Hall–Kier alpha value is -1.14. The molecule has 1 aliphatic heterocycles. The summed E-state index contributed by atoms with van der Waals surface area (Å²) in [7, 11) is 1.59.